The Morgan fingerprint density at radius 1 is 1.03 bits per heavy atom. The average molecular weight is 483 g/mol. The van der Waals surface area contributed by atoms with E-state index in [0.29, 0.717) is 18.3 Å². The fraction of sp³-hybridized carbons (Fsp3) is 0.154. The van der Waals surface area contributed by atoms with Gasteiger partial charge in [-0.3, -0.25) is 4.79 Å². The van der Waals surface area contributed by atoms with Gasteiger partial charge < -0.3 is 10.0 Å². The Bertz CT molecular complexity index is 1330. The fourth-order valence-electron chi connectivity index (χ4n) is 3.66. The second-order valence-electron chi connectivity index (χ2n) is 7.82. The average Bonchev–Trinajstić information content (AvgIpc) is 3.25. The predicted molar refractivity (Wildman–Crippen MR) is 125 cm³/mol. The molecule has 0 bridgehead atoms. The van der Waals surface area contributed by atoms with Crippen molar-refractivity contribution >= 4 is 17.2 Å². The molecule has 4 aromatic rings. The van der Waals surface area contributed by atoms with Gasteiger partial charge in [-0.1, -0.05) is 60.7 Å². The summed E-state index contributed by atoms with van der Waals surface area (Å²) in [5, 5.41) is 9.55. The maximum absolute atomic E-state index is 14.5. The number of carbonyl (C=O) groups excluding carboxylic acids is 1. The van der Waals surface area contributed by atoms with Crippen LogP contribution in [0.25, 0.3) is 10.6 Å². The van der Waals surface area contributed by atoms with Gasteiger partial charge in [0, 0.05) is 6.54 Å². The Morgan fingerprint density at radius 2 is 1.65 bits per heavy atom. The molecule has 4 rings (SSSR count). The van der Waals surface area contributed by atoms with Crippen molar-refractivity contribution in [3.8, 4) is 16.3 Å². The van der Waals surface area contributed by atoms with Crippen LogP contribution in [0, 0.1) is 24.4 Å². The van der Waals surface area contributed by atoms with Crippen LogP contribution >= 0.6 is 11.3 Å². The van der Waals surface area contributed by atoms with Crippen LogP contribution < -0.4 is 0 Å². The molecule has 174 valence electrons. The highest BCUT2D eigenvalue weighted by molar-refractivity contribution is 7.17. The molecule has 0 saturated carbocycles. The third-order valence-electron chi connectivity index (χ3n) is 5.56. The van der Waals surface area contributed by atoms with Crippen molar-refractivity contribution in [2.75, 3.05) is 0 Å². The summed E-state index contributed by atoms with van der Waals surface area (Å²) in [6.07, 6.45) is 0. The zero-order valence-corrected chi connectivity index (χ0v) is 19.2. The lowest BCUT2D eigenvalue weighted by molar-refractivity contribution is 0.0678. The van der Waals surface area contributed by atoms with Gasteiger partial charge in [-0.05, 0) is 31.0 Å². The number of benzene rings is 3. The van der Waals surface area contributed by atoms with Crippen LogP contribution in [-0.4, -0.2) is 20.9 Å². The van der Waals surface area contributed by atoms with E-state index in [2.05, 4.69) is 4.98 Å². The van der Waals surface area contributed by atoms with Gasteiger partial charge in [0.15, 0.2) is 17.4 Å². The van der Waals surface area contributed by atoms with E-state index in [-0.39, 0.29) is 21.8 Å². The minimum absolute atomic E-state index is 0.0282. The molecule has 1 unspecified atom stereocenters. The lowest BCUT2D eigenvalue weighted by atomic mass is 10.1. The van der Waals surface area contributed by atoms with Crippen molar-refractivity contribution in [3.05, 3.63) is 106 Å². The summed E-state index contributed by atoms with van der Waals surface area (Å²) < 4.78 is 41.8. The Kier molecular flexibility index (Phi) is 6.70. The first kappa shape index (κ1) is 23.5. The number of rotatable bonds is 6. The molecule has 0 spiro atoms. The zero-order valence-electron chi connectivity index (χ0n) is 18.4. The quantitative estimate of drug-likeness (QED) is 0.313. The lowest BCUT2D eigenvalue weighted by Crippen LogP contribution is -2.33. The van der Waals surface area contributed by atoms with Crippen molar-refractivity contribution in [2.24, 2.45) is 0 Å². The second kappa shape index (κ2) is 9.69. The fourth-order valence-corrected chi connectivity index (χ4v) is 4.70. The normalized spacial score (nSPS) is 11.9. The summed E-state index contributed by atoms with van der Waals surface area (Å²) in [5.41, 5.74) is 1.78. The van der Waals surface area contributed by atoms with Gasteiger partial charge in [-0.25, -0.2) is 13.8 Å². The van der Waals surface area contributed by atoms with Gasteiger partial charge in [0.1, 0.15) is 9.88 Å². The standard InChI is InChI=1S/C26H21F3N2O2S/c1-15-24(34-25(30-15)19-13-20(27)22(29)23(32)21(19)28)26(33)31(14-17-9-5-3-6-10-17)16(2)18-11-7-4-8-12-18/h3-13,16,32H,14H2,1-2H3. The van der Waals surface area contributed by atoms with Crippen LogP contribution in [0.4, 0.5) is 13.2 Å². The summed E-state index contributed by atoms with van der Waals surface area (Å²) >= 11 is 0.867. The molecule has 0 aliphatic rings. The van der Waals surface area contributed by atoms with Crippen molar-refractivity contribution in [1.82, 2.24) is 9.88 Å². The Morgan fingerprint density at radius 3 is 2.29 bits per heavy atom. The van der Waals surface area contributed by atoms with E-state index < -0.39 is 28.8 Å². The third-order valence-corrected chi connectivity index (χ3v) is 6.74. The molecule has 8 heteroatoms. The minimum atomic E-state index is -1.67. The molecule has 1 heterocycles. The Hall–Kier alpha value is -3.65. The van der Waals surface area contributed by atoms with Crippen LogP contribution in [0.2, 0.25) is 0 Å². The zero-order chi connectivity index (χ0) is 24.4. The van der Waals surface area contributed by atoms with E-state index in [1.165, 1.54) is 0 Å². The van der Waals surface area contributed by atoms with Crippen molar-refractivity contribution in [3.63, 3.8) is 0 Å². The van der Waals surface area contributed by atoms with Gasteiger partial charge in [0.05, 0.1) is 17.3 Å². The van der Waals surface area contributed by atoms with Crippen molar-refractivity contribution in [2.45, 2.75) is 26.4 Å². The van der Waals surface area contributed by atoms with Crippen molar-refractivity contribution < 1.29 is 23.1 Å². The molecular weight excluding hydrogens is 461 g/mol. The monoisotopic (exact) mass is 482 g/mol. The van der Waals surface area contributed by atoms with Gasteiger partial charge >= 0.3 is 0 Å². The van der Waals surface area contributed by atoms with E-state index in [0.717, 1.165) is 22.5 Å². The Balaban J connectivity index is 1.74. The van der Waals surface area contributed by atoms with Crippen LogP contribution in [0.5, 0.6) is 5.75 Å². The number of nitrogens with zero attached hydrogens (tertiary/aromatic N) is 2. The largest absolute Gasteiger partial charge is 0.503 e. The summed E-state index contributed by atoms with van der Waals surface area (Å²) in [6.45, 7) is 3.84. The highest BCUT2D eigenvalue weighted by Gasteiger charge is 2.28. The molecule has 1 aromatic heterocycles. The van der Waals surface area contributed by atoms with E-state index in [1.807, 2.05) is 67.6 Å². The molecule has 1 N–H and O–H groups in total. The van der Waals surface area contributed by atoms with Crippen molar-refractivity contribution in [1.29, 1.82) is 0 Å². The van der Waals surface area contributed by atoms with E-state index in [4.69, 9.17) is 0 Å². The number of aryl methyl sites for hydroxylation is 1. The van der Waals surface area contributed by atoms with E-state index in [9.17, 15) is 23.1 Å². The number of hydrogen-bond acceptors (Lipinski definition) is 4. The predicted octanol–water partition coefficient (Wildman–Crippen LogP) is 6.65. The molecule has 1 atom stereocenters. The Labute approximate surface area is 198 Å². The molecule has 0 fully saturated rings. The van der Waals surface area contributed by atoms with Crippen LogP contribution in [0.1, 0.15) is 39.5 Å². The maximum Gasteiger partial charge on any atom is 0.266 e. The van der Waals surface area contributed by atoms with E-state index in [1.54, 1.807) is 11.8 Å². The highest BCUT2D eigenvalue weighted by Crippen LogP contribution is 2.37. The summed E-state index contributed by atoms with van der Waals surface area (Å²) in [5.74, 6) is -6.15. The number of amides is 1. The molecule has 0 aliphatic carbocycles. The maximum atomic E-state index is 14.5. The number of aromatic nitrogens is 1. The first-order valence-electron chi connectivity index (χ1n) is 10.5. The smallest absolute Gasteiger partial charge is 0.266 e. The van der Waals surface area contributed by atoms with Crippen LogP contribution in [0.15, 0.2) is 66.7 Å². The molecule has 1 amide bonds. The molecule has 0 aliphatic heterocycles. The minimum Gasteiger partial charge on any atom is -0.503 e. The second-order valence-corrected chi connectivity index (χ2v) is 8.82. The summed E-state index contributed by atoms with van der Waals surface area (Å²) in [4.78, 5) is 19.9. The SMILES string of the molecule is Cc1nc(-c2cc(F)c(F)c(O)c2F)sc1C(=O)N(Cc1ccccc1)C(C)c1ccccc1. The number of aromatic hydroxyl groups is 1. The summed E-state index contributed by atoms with van der Waals surface area (Å²) in [7, 11) is 0. The van der Waals surface area contributed by atoms with Crippen LogP contribution in [0.3, 0.4) is 0 Å². The molecule has 4 nitrogen and oxygen atoms in total. The van der Waals surface area contributed by atoms with Crippen LogP contribution in [-0.2, 0) is 6.54 Å². The summed E-state index contributed by atoms with van der Waals surface area (Å²) in [6, 6.07) is 19.4. The first-order chi connectivity index (χ1) is 16.3. The number of phenolic OH excluding ortho intramolecular Hbond substituents is 1. The number of halogens is 3. The molecule has 3 aromatic carbocycles. The molecule has 0 saturated heterocycles. The topological polar surface area (TPSA) is 53.4 Å². The number of phenols is 1. The number of thiazole rings is 1. The molecule has 34 heavy (non-hydrogen) atoms. The molecule has 0 radical (unpaired) electrons. The molecular formula is C26H21F3N2O2S. The third kappa shape index (κ3) is 4.54. The van der Waals surface area contributed by atoms with Gasteiger partial charge in [-0.2, -0.15) is 4.39 Å². The van der Waals surface area contributed by atoms with Gasteiger partial charge in [0.25, 0.3) is 5.91 Å². The number of carbonyl (C=O) groups is 1. The lowest BCUT2D eigenvalue weighted by Gasteiger charge is -2.29. The van der Waals surface area contributed by atoms with Gasteiger partial charge in [0.2, 0.25) is 5.82 Å². The van der Waals surface area contributed by atoms with E-state index >= 15 is 0 Å². The van der Waals surface area contributed by atoms with Gasteiger partial charge in [-0.15, -0.1) is 11.3 Å². The number of hydrogen-bond donors (Lipinski definition) is 1. The first-order valence-corrected chi connectivity index (χ1v) is 11.3. The highest BCUT2D eigenvalue weighted by atomic mass is 32.1.